The second-order valence-corrected chi connectivity index (χ2v) is 8.29. The molecule has 0 atom stereocenters. The average molecular weight is 353 g/mol. The molecule has 0 heterocycles. The minimum atomic E-state index is -3.24. The number of unbranched alkanes of at least 4 members (excludes halogenated alkanes) is 1. The summed E-state index contributed by atoms with van der Waals surface area (Å²) in [7, 11) is -3.24. The first-order valence-electron chi connectivity index (χ1n) is 8.40. The number of carbonyl (C=O) groups excluding carboxylic acids is 1. The van der Waals surface area contributed by atoms with E-state index in [1.54, 1.807) is 19.9 Å². The zero-order valence-corrected chi connectivity index (χ0v) is 15.5. The summed E-state index contributed by atoms with van der Waals surface area (Å²) in [4.78, 5) is 11.8. The van der Waals surface area contributed by atoms with Crippen molar-refractivity contribution in [1.82, 2.24) is 4.72 Å². The first kappa shape index (κ1) is 20.4. The van der Waals surface area contributed by atoms with Crippen molar-refractivity contribution in [3.63, 3.8) is 0 Å². The third-order valence-electron chi connectivity index (χ3n) is 3.54. The van der Waals surface area contributed by atoms with Gasteiger partial charge in [0, 0.05) is 12.2 Å². The standard InChI is InChI=1S/C18H28N2O3S/c1-4-5-8-16-10-12-17(13-11-16)20-18(21)9-6-7-14-19-24(22,23)15(2)3/h6,9-13,15,19H,4-5,7-8,14H2,1-3H3,(H,20,21)/b9-6+. The Morgan fingerprint density at radius 3 is 2.46 bits per heavy atom. The predicted octanol–water partition coefficient (Wildman–Crippen LogP) is 3.24. The van der Waals surface area contributed by atoms with Crippen molar-refractivity contribution < 1.29 is 13.2 Å². The van der Waals surface area contributed by atoms with Crippen molar-refractivity contribution in [2.45, 2.75) is 51.7 Å². The molecule has 0 radical (unpaired) electrons. The molecule has 6 heteroatoms. The molecule has 0 aromatic heterocycles. The van der Waals surface area contributed by atoms with E-state index < -0.39 is 15.3 Å². The highest BCUT2D eigenvalue weighted by Crippen LogP contribution is 2.11. The van der Waals surface area contributed by atoms with Gasteiger partial charge >= 0.3 is 0 Å². The maximum atomic E-state index is 11.8. The molecule has 0 aliphatic carbocycles. The van der Waals surface area contributed by atoms with Crippen LogP contribution in [-0.4, -0.2) is 26.1 Å². The van der Waals surface area contributed by atoms with Gasteiger partial charge in [-0.3, -0.25) is 4.79 Å². The number of carbonyl (C=O) groups is 1. The van der Waals surface area contributed by atoms with Crippen molar-refractivity contribution in [1.29, 1.82) is 0 Å². The van der Waals surface area contributed by atoms with Gasteiger partial charge in [0.2, 0.25) is 15.9 Å². The lowest BCUT2D eigenvalue weighted by molar-refractivity contribution is -0.111. The third-order valence-corrected chi connectivity index (χ3v) is 5.39. The minimum absolute atomic E-state index is 0.219. The van der Waals surface area contributed by atoms with Crippen LogP contribution >= 0.6 is 0 Å². The van der Waals surface area contributed by atoms with Gasteiger partial charge in [-0.05, 0) is 56.9 Å². The molecule has 1 rings (SSSR count). The van der Waals surface area contributed by atoms with Crippen LogP contribution in [-0.2, 0) is 21.2 Å². The lowest BCUT2D eigenvalue weighted by Gasteiger charge is -2.07. The van der Waals surface area contributed by atoms with Gasteiger partial charge in [0.15, 0.2) is 0 Å². The molecule has 0 fully saturated rings. The van der Waals surface area contributed by atoms with E-state index in [-0.39, 0.29) is 12.5 Å². The van der Waals surface area contributed by atoms with Gasteiger partial charge in [-0.25, -0.2) is 13.1 Å². The predicted molar refractivity (Wildman–Crippen MR) is 99.5 cm³/mol. The lowest BCUT2D eigenvalue weighted by atomic mass is 10.1. The number of hydrogen-bond acceptors (Lipinski definition) is 3. The van der Waals surface area contributed by atoms with Crippen LogP contribution in [0.15, 0.2) is 36.4 Å². The molecule has 24 heavy (non-hydrogen) atoms. The Morgan fingerprint density at radius 1 is 1.21 bits per heavy atom. The van der Waals surface area contributed by atoms with Crippen molar-refractivity contribution >= 4 is 21.6 Å². The maximum Gasteiger partial charge on any atom is 0.248 e. The zero-order valence-electron chi connectivity index (χ0n) is 14.7. The van der Waals surface area contributed by atoms with E-state index in [1.165, 1.54) is 11.6 Å². The van der Waals surface area contributed by atoms with Crippen LogP contribution in [0, 0.1) is 0 Å². The summed E-state index contributed by atoms with van der Waals surface area (Å²) in [6, 6.07) is 7.84. The summed E-state index contributed by atoms with van der Waals surface area (Å²) in [5, 5.41) is 2.33. The summed E-state index contributed by atoms with van der Waals surface area (Å²) >= 11 is 0. The highest BCUT2D eigenvalue weighted by atomic mass is 32.2. The fourth-order valence-electron chi connectivity index (χ4n) is 1.96. The summed E-state index contributed by atoms with van der Waals surface area (Å²) < 4.78 is 25.6. The molecular weight excluding hydrogens is 324 g/mol. The second-order valence-electron chi connectivity index (χ2n) is 5.97. The molecule has 1 aromatic rings. The van der Waals surface area contributed by atoms with Crippen LogP contribution in [0.3, 0.4) is 0 Å². The van der Waals surface area contributed by atoms with E-state index in [9.17, 15) is 13.2 Å². The van der Waals surface area contributed by atoms with Crippen molar-refractivity contribution in [2.24, 2.45) is 0 Å². The third kappa shape index (κ3) is 7.75. The van der Waals surface area contributed by atoms with Crippen molar-refractivity contribution in [2.75, 3.05) is 11.9 Å². The Bertz CT molecular complexity index is 635. The van der Waals surface area contributed by atoms with Gasteiger partial charge in [-0.15, -0.1) is 0 Å². The molecule has 0 saturated carbocycles. The molecule has 2 N–H and O–H groups in total. The van der Waals surface area contributed by atoms with Gasteiger partial charge in [0.1, 0.15) is 0 Å². The SMILES string of the molecule is CCCCc1ccc(NC(=O)/C=C/CCNS(=O)(=O)C(C)C)cc1. The number of aryl methyl sites for hydroxylation is 1. The Morgan fingerprint density at radius 2 is 1.88 bits per heavy atom. The number of anilines is 1. The van der Waals surface area contributed by atoms with Crippen LogP contribution in [0.2, 0.25) is 0 Å². The number of benzene rings is 1. The van der Waals surface area contributed by atoms with Crippen LogP contribution in [0.4, 0.5) is 5.69 Å². The molecule has 5 nitrogen and oxygen atoms in total. The fraction of sp³-hybridized carbons (Fsp3) is 0.500. The normalized spacial score (nSPS) is 12.0. The smallest absolute Gasteiger partial charge is 0.248 e. The van der Waals surface area contributed by atoms with E-state index in [1.807, 2.05) is 24.3 Å². The van der Waals surface area contributed by atoms with Crippen molar-refractivity contribution in [3.05, 3.63) is 42.0 Å². The number of hydrogen-bond donors (Lipinski definition) is 2. The maximum absolute atomic E-state index is 11.8. The molecule has 0 unspecified atom stereocenters. The van der Waals surface area contributed by atoms with Crippen LogP contribution in [0.25, 0.3) is 0 Å². The van der Waals surface area contributed by atoms with E-state index in [4.69, 9.17) is 0 Å². The van der Waals surface area contributed by atoms with E-state index >= 15 is 0 Å². The summed E-state index contributed by atoms with van der Waals surface area (Å²) in [5.74, 6) is -0.219. The highest BCUT2D eigenvalue weighted by Gasteiger charge is 2.13. The Labute approximate surface area is 145 Å². The van der Waals surface area contributed by atoms with Gasteiger partial charge in [0.05, 0.1) is 5.25 Å². The van der Waals surface area contributed by atoms with E-state index in [0.717, 1.165) is 24.9 Å². The Hall–Kier alpha value is -1.66. The largest absolute Gasteiger partial charge is 0.323 e. The first-order chi connectivity index (χ1) is 11.3. The average Bonchev–Trinajstić information content (AvgIpc) is 2.53. The van der Waals surface area contributed by atoms with Crippen LogP contribution in [0.5, 0.6) is 0 Å². The van der Waals surface area contributed by atoms with Gasteiger partial charge in [0.25, 0.3) is 0 Å². The molecule has 0 spiro atoms. The van der Waals surface area contributed by atoms with Gasteiger partial charge < -0.3 is 5.32 Å². The van der Waals surface area contributed by atoms with Crippen LogP contribution < -0.4 is 10.0 Å². The summed E-state index contributed by atoms with van der Waals surface area (Å²) in [6.07, 6.45) is 6.93. The Kier molecular flexibility index (Phi) is 8.71. The van der Waals surface area contributed by atoms with E-state index in [0.29, 0.717) is 6.42 Å². The number of sulfonamides is 1. The minimum Gasteiger partial charge on any atom is -0.323 e. The van der Waals surface area contributed by atoms with Crippen LogP contribution in [0.1, 0.15) is 45.6 Å². The molecule has 1 aromatic carbocycles. The molecule has 0 saturated heterocycles. The second kappa shape index (κ2) is 10.3. The first-order valence-corrected chi connectivity index (χ1v) is 9.94. The molecular formula is C18H28N2O3S. The lowest BCUT2D eigenvalue weighted by Crippen LogP contribution is -2.31. The fourth-order valence-corrected chi connectivity index (χ4v) is 2.70. The molecule has 0 aliphatic heterocycles. The number of rotatable bonds is 10. The zero-order chi connectivity index (χ0) is 18.0. The number of amides is 1. The van der Waals surface area contributed by atoms with E-state index in [2.05, 4.69) is 17.0 Å². The summed E-state index contributed by atoms with van der Waals surface area (Å²) in [5.41, 5.74) is 2.02. The van der Waals surface area contributed by atoms with Crippen molar-refractivity contribution in [3.8, 4) is 0 Å². The summed E-state index contributed by atoms with van der Waals surface area (Å²) in [6.45, 7) is 5.70. The van der Waals surface area contributed by atoms with Gasteiger partial charge in [-0.2, -0.15) is 0 Å². The van der Waals surface area contributed by atoms with Gasteiger partial charge in [-0.1, -0.05) is 31.6 Å². The Balaban J connectivity index is 2.35. The molecule has 0 aliphatic rings. The quantitative estimate of drug-likeness (QED) is 0.501. The molecule has 1 amide bonds. The topological polar surface area (TPSA) is 75.3 Å². The highest BCUT2D eigenvalue weighted by molar-refractivity contribution is 7.90. The molecule has 0 bridgehead atoms. The monoisotopic (exact) mass is 352 g/mol. The number of nitrogens with one attached hydrogen (secondary N) is 2. The molecule has 134 valence electrons.